The van der Waals surface area contributed by atoms with Gasteiger partial charge in [-0.2, -0.15) is 5.48 Å². The topological polar surface area (TPSA) is 47.6 Å². The van der Waals surface area contributed by atoms with E-state index in [1.807, 2.05) is 27.7 Å². The molecule has 84 valence electrons. The first-order valence-corrected chi connectivity index (χ1v) is 4.94. The van der Waals surface area contributed by atoms with E-state index in [1.54, 1.807) is 6.92 Å². The Balaban J connectivity index is 3.65. The van der Waals surface area contributed by atoms with Crippen LogP contribution in [0.25, 0.3) is 0 Å². The molecule has 0 aliphatic carbocycles. The highest BCUT2D eigenvalue weighted by Gasteiger charge is 2.14. The predicted molar refractivity (Wildman–Crippen MR) is 54.7 cm³/mol. The van der Waals surface area contributed by atoms with Crippen molar-refractivity contribution in [1.29, 1.82) is 0 Å². The lowest BCUT2D eigenvalue weighted by Gasteiger charge is -2.22. The molecular formula is C10H21NO3. The van der Waals surface area contributed by atoms with Gasteiger partial charge in [-0.25, -0.2) is 0 Å². The van der Waals surface area contributed by atoms with E-state index in [1.165, 1.54) is 0 Å². The summed E-state index contributed by atoms with van der Waals surface area (Å²) in [6.45, 7) is 9.92. The molecule has 0 spiro atoms. The van der Waals surface area contributed by atoms with Crippen LogP contribution in [0, 0.1) is 0 Å². The van der Waals surface area contributed by atoms with Crippen molar-refractivity contribution in [2.24, 2.45) is 0 Å². The van der Waals surface area contributed by atoms with Crippen molar-refractivity contribution in [3.05, 3.63) is 0 Å². The molecule has 0 rings (SSSR count). The van der Waals surface area contributed by atoms with Crippen LogP contribution in [0.1, 0.15) is 41.0 Å². The number of esters is 1. The zero-order valence-electron chi connectivity index (χ0n) is 9.72. The number of nitrogens with one attached hydrogen (secondary N) is 1. The first-order valence-electron chi connectivity index (χ1n) is 4.94. The van der Waals surface area contributed by atoms with Crippen LogP contribution in [0.4, 0.5) is 0 Å². The van der Waals surface area contributed by atoms with Crippen LogP contribution >= 0.6 is 0 Å². The zero-order valence-corrected chi connectivity index (χ0v) is 9.72. The molecule has 4 heteroatoms. The summed E-state index contributed by atoms with van der Waals surface area (Å²) in [5, 5.41) is 0. The van der Waals surface area contributed by atoms with Gasteiger partial charge in [-0.3, -0.25) is 9.63 Å². The standard InChI is InChI=1S/C10H21NO3/c1-6-13-9(12)7-8(2)11-14-10(3,4)5/h8,11H,6-7H2,1-5H3. The maximum absolute atomic E-state index is 11.1. The molecule has 0 bridgehead atoms. The summed E-state index contributed by atoms with van der Waals surface area (Å²) >= 11 is 0. The maximum atomic E-state index is 11.1. The maximum Gasteiger partial charge on any atom is 0.307 e. The van der Waals surface area contributed by atoms with Crippen molar-refractivity contribution in [2.45, 2.75) is 52.7 Å². The van der Waals surface area contributed by atoms with E-state index < -0.39 is 0 Å². The van der Waals surface area contributed by atoms with E-state index in [0.29, 0.717) is 13.0 Å². The lowest BCUT2D eigenvalue weighted by Crippen LogP contribution is -2.36. The number of hydrogen-bond acceptors (Lipinski definition) is 4. The summed E-state index contributed by atoms with van der Waals surface area (Å²) in [6.07, 6.45) is 0.323. The van der Waals surface area contributed by atoms with Crippen molar-refractivity contribution in [3.63, 3.8) is 0 Å². The molecule has 0 saturated heterocycles. The molecule has 0 aromatic heterocycles. The molecule has 0 aromatic rings. The Kier molecular flexibility index (Phi) is 5.72. The predicted octanol–water partition coefficient (Wildman–Crippen LogP) is 1.65. The van der Waals surface area contributed by atoms with E-state index in [9.17, 15) is 4.79 Å². The van der Waals surface area contributed by atoms with Crippen LogP contribution in [0.3, 0.4) is 0 Å². The van der Waals surface area contributed by atoms with Gasteiger partial charge < -0.3 is 4.74 Å². The molecule has 0 aliphatic heterocycles. The molecule has 0 saturated carbocycles. The second-order valence-electron chi connectivity index (χ2n) is 4.24. The molecule has 0 fully saturated rings. The minimum atomic E-state index is -0.247. The summed E-state index contributed by atoms with van der Waals surface area (Å²) in [7, 11) is 0. The molecule has 1 unspecified atom stereocenters. The van der Waals surface area contributed by atoms with Gasteiger partial charge in [0.05, 0.1) is 18.6 Å². The molecule has 14 heavy (non-hydrogen) atoms. The highest BCUT2D eigenvalue weighted by molar-refractivity contribution is 5.69. The number of carbonyl (C=O) groups excluding carboxylic acids is 1. The summed E-state index contributed by atoms with van der Waals surface area (Å²) in [4.78, 5) is 16.4. The van der Waals surface area contributed by atoms with Crippen LogP contribution in [-0.2, 0) is 14.4 Å². The second kappa shape index (κ2) is 5.98. The fraction of sp³-hybridized carbons (Fsp3) is 0.900. The van der Waals surface area contributed by atoms with E-state index in [2.05, 4.69) is 5.48 Å². The average Bonchev–Trinajstić information content (AvgIpc) is 2.00. The average molecular weight is 203 g/mol. The van der Waals surface area contributed by atoms with Gasteiger partial charge >= 0.3 is 5.97 Å². The van der Waals surface area contributed by atoms with Crippen molar-refractivity contribution < 1.29 is 14.4 Å². The van der Waals surface area contributed by atoms with Crippen LogP contribution < -0.4 is 5.48 Å². The number of ether oxygens (including phenoxy) is 1. The van der Waals surface area contributed by atoms with E-state index in [4.69, 9.17) is 9.57 Å². The first-order chi connectivity index (χ1) is 6.35. The quantitative estimate of drug-likeness (QED) is 0.545. The van der Waals surface area contributed by atoms with Gasteiger partial charge in [0.1, 0.15) is 0 Å². The van der Waals surface area contributed by atoms with Crippen LogP contribution in [0.5, 0.6) is 0 Å². The summed E-state index contributed by atoms with van der Waals surface area (Å²) in [5.41, 5.74) is 2.56. The van der Waals surface area contributed by atoms with E-state index in [0.717, 1.165) is 0 Å². The lowest BCUT2D eigenvalue weighted by atomic mass is 10.2. The fourth-order valence-corrected chi connectivity index (χ4v) is 0.789. The Morgan fingerprint density at radius 3 is 2.43 bits per heavy atom. The minimum absolute atomic E-state index is 0.0340. The number of rotatable bonds is 5. The van der Waals surface area contributed by atoms with Crippen molar-refractivity contribution in [1.82, 2.24) is 5.48 Å². The molecule has 0 radical (unpaired) electrons. The Morgan fingerprint density at radius 1 is 1.43 bits per heavy atom. The molecule has 0 aromatic carbocycles. The lowest BCUT2D eigenvalue weighted by molar-refractivity contribution is -0.146. The largest absolute Gasteiger partial charge is 0.466 e. The van der Waals surface area contributed by atoms with Crippen molar-refractivity contribution >= 4 is 5.97 Å². The van der Waals surface area contributed by atoms with Gasteiger partial charge in [-0.05, 0) is 34.6 Å². The van der Waals surface area contributed by atoms with Crippen molar-refractivity contribution in [3.8, 4) is 0 Å². The molecule has 1 N–H and O–H groups in total. The molecule has 0 aliphatic rings. The summed E-state index contributed by atoms with van der Waals surface area (Å²) in [5.74, 6) is -0.204. The van der Waals surface area contributed by atoms with Gasteiger partial charge in [0.15, 0.2) is 0 Å². The highest BCUT2D eigenvalue weighted by atomic mass is 16.7. The van der Waals surface area contributed by atoms with Gasteiger partial charge in [0, 0.05) is 6.04 Å². The molecular weight excluding hydrogens is 182 g/mol. The Hall–Kier alpha value is -0.610. The number of hydroxylamine groups is 1. The minimum Gasteiger partial charge on any atom is -0.466 e. The Labute approximate surface area is 85.9 Å². The van der Waals surface area contributed by atoms with E-state index >= 15 is 0 Å². The third-order valence-electron chi connectivity index (χ3n) is 1.34. The van der Waals surface area contributed by atoms with Gasteiger partial charge in [-0.1, -0.05) is 0 Å². The summed E-state index contributed by atoms with van der Waals surface area (Å²) < 4.78 is 4.81. The normalized spacial score (nSPS) is 13.8. The smallest absolute Gasteiger partial charge is 0.307 e. The van der Waals surface area contributed by atoms with Gasteiger partial charge in [0.2, 0.25) is 0 Å². The van der Waals surface area contributed by atoms with Crippen molar-refractivity contribution in [2.75, 3.05) is 6.61 Å². The zero-order chi connectivity index (χ0) is 11.2. The Morgan fingerprint density at radius 2 is 2.00 bits per heavy atom. The van der Waals surface area contributed by atoms with E-state index in [-0.39, 0.29) is 17.6 Å². The number of hydrogen-bond donors (Lipinski definition) is 1. The third kappa shape index (κ3) is 8.01. The molecule has 4 nitrogen and oxygen atoms in total. The second-order valence-corrected chi connectivity index (χ2v) is 4.24. The SMILES string of the molecule is CCOC(=O)CC(C)NOC(C)(C)C. The summed E-state index contributed by atoms with van der Waals surface area (Å²) in [6, 6.07) is -0.0340. The van der Waals surface area contributed by atoms with Crippen LogP contribution in [0.15, 0.2) is 0 Å². The molecule has 1 atom stereocenters. The monoisotopic (exact) mass is 203 g/mol. The first kappa shape index (κ1) is 13.4. The number of carbonyl (C=O) groups is 1. The van der Waals surface area contributed by atoms with Gasteiger partial charge in [-0.15, -0.1) is 0 Å². The third-order valence-corrected chi connectivity index (χ3v) is 1.34. The molecule has 0 heterocycles. The van der Waals surface area contributed by atoms with Gasteiger partial charge in [0.25, 0.3) is 0 Å². The Bertz CT molecular complexity index is 175. The molecule has 0 amide bonds. The highest BCUT2D eigenvalue weighted by Crippen LogP contribution is 2.05. The fourth-order valence-electron chi connectivity index (χ4n) is 0.789. The van der Waals surface area contributed by atoms with Crippen LogP contribution in [-0.4, -0.2) is 24.2 Å². The van der Waals surface area contributed by atoms with Crippen LogP contribution in [0.2, 0.25) is 0 Å².